The Kier molecular flexibility index (Phi) is 3.03. The minimum absolute atomic E-state index is 0.00384. The van der Waals surface area contributed by atoms with Gasteiger partial charge in [0.2, 0.25) is 0 Å². The summed E-state index contributed by atoms with van der Waals surface area (Å²) in [6.07, 6.45) is 3.72. The molecule has 0 saturated carbocycles. The fourth-order valence-corrected chi connectivity index (χ4v) is 2.68. The summed E-state index contributed by atoms with van der Waals surface area (Å²) in [4.78, 5) is 18.6. The van der Waals surface area contributed by atoms with Gasteiger partial charge < -0.3 is 4.90 Å². The average molecular weight is 252 g/mol. The zero-order valence-corrected chi connectivity index (χ0v) is 11.0. The summed E-state index contributed by atoms with van der Waals surface area (Å²) >= 11 is 0. The van der Waals surface area contributed by atoms with E-state index in [1.165, 1.54) is 5.56 Å². The minimum Gasteiger partial charge on any atom is -0.306 e. The lowest BCUT2D eigenvalue weighted by Crippen LogP contribution is -2.36. The standard InChI is InChI=1S/C16H16N2O/c1-12-6-4-7-13-8-5-11-18(15(12)13)16(19)14-9-2-3-10-17-14/h2-4,6-7,9-10H,5,8,11H2,1H3. The van der Waals surface area contributed by atoms with Gasteiger partial charge in [-0.15, -0.1) is 0 Å². The van der Waals surface area contributed by atoms with Crippen molar-refractivity contribution in [2.75, 3.05) is 11.4 Å². The van der Waals surface area contributed by atoms with E-state index in [1.54, 1.807) is 12.3 Å². The molecule has 0 saturated heterocycles. The van der Waals surface area contributed by atoms with Gasteiger partial charge >= 0.3 is 0 Å². The van der Waals surface area contributed by atoms with Crippen molar-refractivity contribution in [3.63, 3.8) is 0 Å². The Labute approximate surface area is 112 Å². The molecular weight excluding hydrogens is 236 g/mol. The summed E-state index contributed by atoms with van der Waals surface area (Å²) in [7, 11) is 0. The molecule has 3 rings (SSSR count). The van der Waals surface area contributed by atoms with E-state index in [4.69, 9.17) is 0 Å². The lowest BCUT2D eigenvalue weighted by atomic mass is 9.98. The van der Waals surface area contributed by atoms with Crippen molar-refractivity contribution in [1.29, 1.82) is 0 Å². The number of aryl methyl sites for hydroxylation is 2. The second kappa shape index (κ2) is 4.84. The molecule has 96 valence electrons. The first-order chi connectivity index (χ1) is 9.27. The lowest BCUT2D eigenvalue weighted by molar-refractivity contribution is 0.0980. The normalized spacial score (nSPS) is 14.1. The largest absolute Gasteiger partial charge is 0.306 e. The van der Waals surface area contributed by atoms with Crippen LogP contribution >= 0.6 is 0 Å². The topological polar surface area (TPSA) is 33.2 Å². The highest BCUT2D eigenvalue weighted by Crippen LogP contribution is 2.31. The van der Waals surface area contributed by atoms with Crippen molar-refractivity contribution >= 4 is 11.6 Å². The summed E-state index contributed by atoms with van der Waals surface area (Å²) < 4.78 is 0. The Morgan fingerprint density at radius 1 is 1.21 bits per heavy atom. The van der Waals surface area contributed by atoms with E-state index in [-0.39, 0.29) is 5.91 Å². The van der Waals surface area contributed by atoms with Crippen LogP contribution in [0.3, 0.4) is 0 Å². The molecule has 0 spiro atoms. The molecule has 0 aliphatic carbocycles. The van der Waals surface area contributed by atoms with Crippen molar-refractivity contribution in [3.05, 3.63) is 59.4 Å². The number of amides is 1. The van der Waals surface area contributed by atoms with E-state index in [0.717, 1.165) is 30.6 Å². The number of carbonyl (C=O) groups is 1. The molecular formula is C16H16N2O. The Hall–Kier alpha value is -2.16. The molecule has 3 heteroatoms. The van der Waals surface area contributed by atoms with Gasteiger partial charge in [0, 0.05) is 12.7 Å². The summed E-state index contributed by atoms with van der Waals surface area (Å²) in [5, 5.41) is 0. The molecule has 2 heterocycles. The van der Waals surface area contributed by atoms with Crippen molar-refractivity contribution < 1.29 is 4.79 Å². The molecule has 2 aromatic rings. The number of pyridine rings is 1. The van der Waals surface area contributed by atoms with E-state index in [1.807, 2.05) is 17.0 Å². The number of hydrogen-bond donors (Lipinski definition) is 0. The molecule has 0 fully saturated rings. The van der Waals surface area contributed by atoms with E-state index in [9.17, 15) is 4.79 Å². The Morgan fingerprint density at radius 3 is 2.89 bits per heavy atom. The van der Waals surface area contributed by atoms with Gasteiger partial charge in [-0.2, -0.15) is 0 Å². The van der Waals surface area contributed by atoms with Crippen LogP contribution in [0.1, 0.15) is 28.0 Å². The Morgan fingerprint density at radius 2 is 2.11 bits per heavy atom. The van der Waals surface area contributed by atoms with E-state index >= 15 is 0 Å². The SMILES string of the molecule is Cc1cccc2c1N(C(=O)c1ccccn1)CCC2. The smallest absolute Gasteiger partial charge is 0.276 e. The molecule has 0 N–H and O–H groups in total. The van der Waals surface area contributed by atoms with Gasteiger partial charge in [-0.25, -0.2) is 0 Å². The van der Waals surface area contributed by atoms with Gasteiger partial charge in [-0.05, 0) is 43.0 Å². The first-order valence-corrected chi connectivity index (χ1v) is 6.59. The van der Waals surface area contributed by atoms with Gasteiger partial charge in [0.15, 0.2) is 0 Å². The maximum atomic E-state index is 12.6. The van der Waals surface area contributed by atoms with Gasteiger partial charge in [-0.3, -0.25) is 9.78 Å². The fourth-order valence-electron chi connectivity index (χ4n) is 2.68. The molecule has 0 unspecified atom stereocenters. The first-order valence-electron chi connectivity index (χ1n) is 6.59. The molecule has 1 aliphatic heterocycles. The third-order valence-corrected chi connectivity index (χ3v) is 3.55. The number of nitrogens with zero attached hydrogens (tertiary/aromatic N) is 2. The predicted octanol–water partition coefficient (Wildman–Crippen LogP) is 2.98. The van der Waals surface area contributed by atoms with Crippen LogP contribution in [0.5, 0.6) is 0 Å². The van der Waals surface area contributed by atoms with Crippen molar-refractivity contribution in [2.45, 2.75) is 19.8 Å². The monoisotopic (exact) mass is 252 g/mol. The van der Waals surface area contributed by atoms with Gasteiger partial charge in [0.25, 0.3) is 5.91 Å². The molecule has 1 aromatic heterocycles. The Bertz CT molecular complexity index is 607. The van der Waals surface area contributed by atoms with Crippen molar-refractivity contribution in [1.82, 2.24) is 4.98 Å². The molecule has 19 heavy (non-hydrogen) atoms. The number of benzene rings is 1. The maximum absolute atomic E-state index is 12.6. The zero-order valence-electron chi connectivity index (χ0n) is 11.0. The highest BCUT2D eigenvalue weighted by Gasteiger charge is 2.25. The van der Waals surface area contributed by atoms with Crippen LogP contribution in [0.25, 0.3) is 0 Å². The van der Waals surface area contributed by atoms with E-state index < -0.39 is 0 Å². The van der Waals surface area contributed by atoms with E-state index in [0.29, 0.717) is 5.69 Å². The highest BCUT2D eigenvalue weighted by molar-refractivity contribution is 6.05. The van der Waals surface area contributed by atoms with Crippen molar-refractivity contribution in [3.8, 4) is 0 Å². The maximum Gasteiger partial charge on any atom is 0.276 e. The molecule has 1 aliphatic rings. The molecule has 0 atom stereocenters. The summed E-state index contributed by atoms with van der Waals surface area (Å²) in [5.74, 6) is -0.00384. The minimum atomic E-state index is -0.00384. The molecule has 0 radical (unpaired) electrons. The highest BCUT2D eigenvalue weighted by atomic mass is 16.2. The number of fused-ring (bicyclic) bond motifs is 1. The number of para-hydroxylation sites is 1. The quantitative estimate of drug-likeness (QED) is 0.781. The third kappa shape index (κ3) is 2.12. The number of rotatable bonds is 1. The second-order valence-corrected chi connectivity index (χ2v) is 4.86. The van der Waals surface area contributed by atoms with Crippen LogP contribution in [0.2, 0.25) is 0 Å². The first kappa shape index (κ1) is 11.9. The number of anilines is 1. The zero-order chi connectivity index (χ0) is 13.2. The number of hydrogen-bond acceptors (Lipinski definition) is 2. The molecule has 1 amide bonds. The van der Waals surface area contributed by atoms with Gasteiger partial charge in [0.05, 0.1) is 5.69 Å². The Balaban J connectivity index is 2.03. The van der Waals surface area contributed by atoms with E-state index in [2.05, 4.69) is 30.1 Å². The van der Waals surface area contributed by atoms with Crippen LogP contribution < -0.4 is 4.90 Å². The number of aromatic nitrogens is 1. The number of carbonyl (C=O) groups excluding carboxylic acids is 1. The summed E-state index contributed by atoms with van der Waals surface area (Å²) in [6, 6.07) is 11.7. The summed E-state index contributed by atoms with van der Waals surface area (Å²) in [5.41, 5.74) is 4.00. The van der Waals surface area contributed by atoms with Gasteiger partial charge in [-0.1, -0.05) is 24.3 Å². The van der Waals surface area contributed by atoms with Crippen molar-refractivity contribution in [2.24, 2.45) is 0 Å². The van der Waals surface area contributed by atoms with Gasteiger partial charge in [0.1, 0.15) is 5.69 Å². The van der Waals surface area contributed by atoms with Crippen LogP contribution in [-0.4, -0.2) is 17.4 Å². The average Bonchev–Trinajstić information content (AvgIpc) is 2.47. The second-order valence-electron chi connectivity index (χ2n) is 4.86. The molecule has 1 aromatic carbocycles. The molecule has 3 nitrogen and oxygen atoms in total. The van der Waals surface area contributed by atoms with Crippen LogP contribution in [0, 0.1) is 6.92 Å². The lowest BCUT2D eigenvalue weighted by Gasteiger charge is -2.30. The van der Waals surface area contributed by atoms with Crippen LogP contribution in [0.15, 0.2) is 42.6 Å². The third-order valence-electron chi connectivity index (χ3n) is 3.55. The fraction of sp³-hybridized carbons (Fsp3) is 0.250. The van der Waals surface area contributed by atoms with Crippen LogP contribution in [-0.2, 0) is 6.42 Å². The predicted molar refractivity (Wildman–Crippen MR) is 75.4 cm³/mol. The molecule has 0 bridgehead atoms. The summed E-state index contributed by atoms with van der Waals surface area (Å²) in [6.45, 7) is 2.83. The van der Waals surface area contributed by atoms with Crippen LogP contribution in [0.4, 0.5) is 5.69 Å².